The molecular formula is C8H15NO2. The highest BCUT2D eigenvalue weighted by molar-refractivity contribution is 5.66. The summed E-state index contributed by atoms with van der Waals surface area (Å²) in [7, 11) is 0. The van der Waals surface area contributed by atoms with Gasteiger partial charge in [-0.1, -0.05) is 12.7 Å². The molecule has 0 rings (SSSR count). The average Bonchev–Trinajstić information content (AvgIpc) is 2.01. The van der Waals surface area contributed by atoms with Crippen LogP contribution in [-0.4, -0.2) is 25.8 Å². The van der Waals surface area contributed by atoms with Crippen molar-refractivity contribution in [1.82, 2.24) is 0 Å². The van der Waals surface area contributed by atoms with Crippen LogP contribution in [0.4, 0.5) is 0 Å². The van der Waals surface area contributed by atoms with Gasteiger partial charge in [-0.25, -0.2) is 4.99 Å². The molecule has 0 bridgehead atoms. The van der Waals surface area contributed by atoms with Gasteiger partial charge in [0.1, 0.15) is 6.61 Å². The summed E-state index contributed by atoms with van der Waals surface area (Å²) < 4.78 is 10.1. The van der Waals surface area contributed by atoms with Gasteiger partial charge in [0.05, 0.1) is 6.61 Å². The lowest BCUT2D eigenvalue weighted by Gasteiger charge is -2.05. The molecule has 0 saturated heterocycles. The summed E-state index contributed by atoms with van der Waals surface area (Å²) >= 11 is 0. The van der Waals surface area contributed by atoms with Crippen LogP contribution in [0.3, 0.4) is 0 Å². The Hall–Kier alpha value is -0.990. The maximum Gasteiger partial charge on any atom is 0.383 e. The van der Waals surface area contributed by atoms with E-state index in [1.165, 1.54) is 0 Å². The molecule has 0 radical (unpaired) electrons. The average molecular weight is 157 g/mol. The molecule has 0 aromatic carbocycles. The number of ether oxygens (including phenoxy) is 2. The lowest BCUT2D eigenvalue weighted by Crippen LogP contribution is -2.10. The topological polar surface area (TPSA) is 30.8 Å². The van der Waals surface area contributed by atoms with Crippen molar-refractivity contribution in [3.05, 3.63) is 12.7 Å². The van der Waals surface area contributed by atoms with Crippen LogP contribution < -0.4 is 0 Å². The minimum absolute atomic E-state index is 0.356. The smallest absolute Gasteiger partial charge is 0.383 e. The third-order valence-corrected chi connectivity index (χ3v) is 0.880. The second-order valence-electron chi connectivity index (χ2n) is 1.77. The predicted molar refractivity (Wildman–Crippen MR) is 45.8 cm³/mol. The molecule has 0 aromatic heterocycles. The highest BCUT2D eigenvalue weighted by atomic mass is 16.7. The highest BCUT2D eigenvalue weighted by Gasteiger charge is 1.96. The van der Waals surface area contributed by atoms with Crippen LogP contribution in [0.1, 0.15) is 13.8 Å². The van der Waals surface area contributed by atoms with Gasteiger partial charge in [-0.15, -0.1) is 0 Å². The Bertz CT molecular complexity index is 132. The van der Waals surface area contributed by atoms with Gasteiger partial charge in [-0.2, -0.15) is 0 Å². The zero-order chi connectivity index (χ0) is 8.53. The molecule has 0 aliphatic rings. The van der Waals surface area contributed by atoms with Crippen LogP contribution in [0.5, 0.6) is 0 Å². The molecule has 0 saturated carbocycles. The third kappa shape index (κ3) is 5.45. The van der Waals surface area contributed by atoms with Crippen LogP contribution in [0, 0.1) is 0 Å². The molecular weight excluding hydrogens is 142 g/mol. The number of hydrogen-bond acceptors (Lipinski definition) is 3. The van der Waals surface area contributed by atoms with E-state index in [4.69, 9.17) is 9.47 Å². The SMILES string of the molecule is C=CCOC(=NCC)OCC. The van der Waals surface area contributed by atoms with Crippen LogP contribution in [0.2, 0.25) is 0 Å². The number of aliphatic imine (C=N–C) groups is 1. The molecule has 0 fully saturated rings. The quantitative estimate of drug-likeness (QED) is 0.352. The van der Waals surface area contributed by atoms with Gasteiger partial charge >= 0.3 is 6.08 Å². The van der Waals surface area contributed by atoms with E-state index in [2.05, 4.69) is 11.6 Å². The van der Waals surface area contributed by atoms with Gasteiger partial charge in [-0.3, -0.25) is 0 Å². The van der Waals surface area contributed by atoms with Gasteiger partial charge in [0, 0.05) is 6.54 Å². The predicted octanol–water partition coefficient (Wildman–Crippen LogP) is 1.60. The van der Waals surface area contributed by atoms with Crippen molar-refractivity contribution in [2.45, 2.75) is 13.8 Å². The summed E-state index contributed by atoms with van der Waals surface area (Å²) in [6, 6.07) is 0. The van der Waals surface area contributed by atoms with Gasteiger partial charge in [0.2, 0.25) is 0 Å². The highest BCUT2D eigenvalue weighted by Crippen LogP contribution is 1.87. The zero-order valence-corrected chi connectivity index (χ0v) is 7.17. The molecule has 0 amide bonds. The molecule has 0 unspecified atom stereocenters. The van der Waals surface area contributed by atoms with Gasteiger partial charge < -0.3 is 9.47 Å². The fourth-order valence-electron chi connectivity index (χ4n) is 0.516. The second-order valence-corrected chi connectivity index (χ2v) is 1.77. The molecule has 0 aliphatic carbocycles. The van der Waals surface area contributed by atoms with E-state index < -0.39 is 0 Å². The lowest BCUT2D eigenvalue weighted by atomic mass is 10.7. The molecule has 0 spiro atoms. The monoisotopic (exact) mass is 157 g/mol. The van der Waals surface area contributed by atoms with Crippen molar-refractivity contribution in [1.29, 1.82) is 0 Å². The van der Waals surface area contributed by atoms with E-state index in [1.807, 2.05) is 13.8 Å². The molecule has 64 valence electrons. The Morgan fingerprint density at radius 3 is 2.64 bits per heavy atom. The fourth-order valence-corrected chi connectivity index (χ4v) is 0.516. The summed E-state index contributed by atoms with van der Waals surface area (Å²) in [5, 5.41) is 0. The lowest BCUT2D eigenvalue weighted by molar-refractivity contribution is 0.188. The number of rotatable bonds is 4. The van der Waals surface area contributed by atoms with Gasteiger partial charge in [0.25, 0.3) is 0 Å². The van der Waals surface area contributed by atoms with Crippen molar-refractivity contribution in [3.63, 3.8) is 0 Å². The summed E-state index contributed by atoms with van der Waals surface area (Å²) in [5.74, 6) is 0. The van der Waals surface area contributed by atoms with Crippen LogP contribution in [0.25, 0.3) is 0 Å². The number of nitrogens with zero attached hydrogens (tertiary/aromatic N) is 1. The van der Waals surface area contributed by atoms with E-state index in [0.29, 0.717) is 25.8 Å². The molecule has 0 aliphatic heterocycles. The van der Waals surface area contributed by atoms with Gasteiger partial charge in [0.15, 0.2) is 0 Å². The maximum atomic E-state index is 5.08. The van der Waals surface area contributed by atoms with Crippen LogP contribution in [-0.2, 0) is 9.47 Å². The second kappa shape index (κ2) is 7.12. The minimum atomic E-state index is 0.356. The Balaban J connectivity index is 3.68. The molecule has 0 heterocycles. The summed E-state index contributed by atoms with van der Waals surface area (Å²) in [6.45, 7) is 9.03. The van der Waals surface area contributed by atoms with Crippen molar-refractivity contribution in [2.24, 2.45) is 4.99 Å². The van der Waals surface area contributed by atoms with Crippen molar-refractivity contribution >= 4 is 6.08 Å². The first kappa shape index (κ1) is 10.0. The maximum absolute atomic E-state index is 5.08. The summed E-state index contributed by atoms with van der Waals surface area (Å²) in [5.41, 5.74) is 0. The normalized spacial score (nSPS) is 10.9. The summed E-state index contributed by atoms with van der Waals surface area (Å²) in [4.78, 5) is 3.98. The molecule has 11 heavy (non-hydrogen) atoms. The standard InChI is InChI=1S/C8H15NO2/c1-4-7-11-8(9-5-2)10-6-3/h4H,1,5-7H2,2-3H3. The van der Waals surface area contributed by atoms with Crippen LogP contribution in [0.15, 0.2) is 17.6 Å². The Morgan fingerprint density at radius 1 is 1.45 bits per heavy atom. The fraction of sp³-hybridized carbons (Fsp3) is 0.625. The Kier molecular flexibility index (Phi) is 6.48. The van der Waals surface area contributed by atoms with E-state index in [1.54, 1.807) is 6.08 Å². The summed E-state index contributed by atoms with van der Waals surface area (Å²) in [6.07, 6.45) is 2.01. The van der Waals surface area contributed by atoms with Crippen molar-refractivity contribution in [2.75, 3.05) is 19.8 Å². The zero-order valence-electron chi connectivity index (χ0n) is 7.17. The van der Waals surface area contributed by atoms with Crippen molar-refractivity contribution in [3.8, 4) is 0 Å². The first-order chi connectivity index (χ1) is 5.35. The van der Waals surface area contributed by atoms with E-state index in [-0.39, 0.29) is 0 Å². The molecule has 0 atom stereocenters. The molecule has 3 heteroatoms. The largest absolute Gasteiger partial charge is 0.451 e. The Labute approximate surface area is 67.7 Å². The van der Waals surface area contributed by atoms with Crippen molar-refractivity contribution < 1.29 is 9.47 Å². The van der Waals surface area contributed by atoms with E-state index in [9.17, 15) is 0 Å². The molecule has 0 N–H and O–H groups in total. The van der Waals surface area contributed by atoms with Crippen LogP contribution >= 0.6 is 0 Å². The Morgan fingerprint density at radius 2 is 2.18 bits per heavy atom. The third-order valence-electron chi connectivity index (χ3n) is 0.880. The van der Waals surface area contributed by atoms with Gasteiger partial charge in [-0.05, 0) is 13.8 Å². The van der Waals surface area contributed by atoms with E-state index >= 15 is 0 Å². The first-order valence-corrected chi connectivity index (χ1v) is 3.76. The molecule has 0 aromatic rings. The first-order valence-electron chi connectivity index (χ1n) is 3.76. The minimum Gasteiger partial charge on any atom is -0.451 e. The number of hydrogen-bond donors (Lipinski definition) is 0. The van der Waals surface area contributed by atoms with E-state index in [0.717, 1.165) is 0 Å². The molecule has 3 nitrogen and oxygen atoms in total.